The number of rotatable bonds is 6. The quantitative estimate of drug-likeness (QED) is 0.811. The molecular weight excluding hydrogens is 292 g/mol. The van der Waals surface area contributed by atoms with Crippen LogP contribution in [0.3, 0.4) is 0 Å². The maximum Gasteiger partial charge on any atom is 0.228 e. The van der Waals surface area contributed by atoms with Crippen molar-refractivity contribution >= 4 is 22.2 Å². The third kappa shape index (κ3) is 3.70. The molecule has 0 spiro atoms. The summed E-state index contributed by atoms with van der Waals surface area (Å²) in [5.74, 6) is 0.817. The summed E-state index contributed by atoms with van der Waals surface area (Å²) in [6.07, 6.45) is 7.13. The van der Waals surface area contributed by atoms with Crippen LogP contribution in [0.1, 0.15) is 68.9 Å². The van der Waals surface area contributed by atoms with Gasteiger partial charge in [-0.1, -0.05) is 33.6 Å². The molecule has 1 aliphatic rings. The van der Waals surface area contributed by atoms with Gasteiger partial charge in [0.2, 0.25) is 5.91 Å². The second-order valence-electron chi connectivity index (χ2n) is 6.40. The van der Waals surface area contributed by atoms with Gasteiger partial charge in [0.15, 0.2) is 0 Å². The molecule has 4 heteroatoms. The Morgan fingerprint density at radius 3 is 2.91 bits per heavy atom. The van der Waals surface area contributed by atoms with E-state index in [-0.39, 0.29) is 11.8 Å². The first kappa shape index (κ1) is 17.0. The summed E-state index contributed by atoms with van der Waals surface area (Å²) in [5.41, 5.74) is 1.90. The zero-order valence-electron chi connectivity index (χ0n) is 13.9. The maximum absolute atomic E-state index is 12.5. The third-order valence-corrected chi connectivity index (χ3v) is 5.80. The van der Waals surface area contributed by atoms with Gasteiger partial charge in [0.25, 0.3) is 0 Å². The van der Waals surface area contributed by atoms with Crippen molar-refractivity contribution in [2.24, 2.45) is 11.8 Å². The lowest BCUT2D eigenvalue weighted by Gasteiger charge is -2.17. The van der Waals surface area contributed by atoms with Crippen molar-refractivity contribution in [1.82, 2.24) is 0 Å². The van der Waals surface area contributed by atoms with Gasteiger partial charge < -0.3 is 5.32 Å². The van der Waals surface area contributed by atoms with Crippen molar-refractivity contribution in [3.8, 4) is 6.07 Å². The highest BCUT2D eigenvalue weighted by atomic mass is 32.1. The first-order chi connectivity index (χ1) is 10.6. The number of carbonyl (C=O) groups excluding carboxylic acids is 1. The van der Waals surface area contributed by atoms with Gasteiger partial charge in [0, 0.05) is 10.8 Å². The Hall–Kier alpha value is -1.34. The van der Waals surface area contributed by atoms with Crippen molar-refractivity contribution in [2.75, 3.05) is 5.32 Å². The second-order valence-corrected chi connectivity index (χ2v) is 7.51. The summed E-state index contributed by atoms with van der Waals surface area (Å²) < 4.78 is 0. The number of hydrogen-bond donors (Lipinski definition) is 1. The monoisotopic (exact) mass is 318 g/mol. The van der Waals surface area contributed by atoms with Crippen LogP contribution in [0.5, 0.6) is 0 Å². The van der Waals surface area contributed by atoms with E-state index in [1.54, 1.807) is 11.3 Å². The van der Waals surface area contributed by atoms with Crippen LogP contribution in [0.25, 0.3) is 0 Å². The molecule has 2 atom stereocenters. The Kier molecular flexibility index (Phi) is 6.02. The number of nitrogens with one attached hydrogen (secondary N) is 1. The number of fused-ring (bicyclic) bond motifs is 1. The molecule has 0 radical (unpaired) electrons. The SMILES string of the molecule is CCCCC(CC)C(=O)Nc1sc2c(c1C#N)CCC(C)C2. The largest absolute Gasteiger partial charge is 0.316 e. The van der Waals surface area contributed by atoms with E-state index in [0.29, 0.717) is 11.5 Å². The molecule has 1 aliphatic carbocycles. The Bertz CT molecular complexity index is 570. The number of nitriles is 1. The second kappa shape index (κ2) is 7.78. The molecule has 1 aromatic heterocycles. The van der Waals surface area contributed by atoms with Crippen LogP contribution in [0.15, 0.2) is 0 Å². The molecule has 22 heavy (non-hydrogen) atoms. The third-order valence-electron chi connectivity index (χ3n) is 4.63. The highest BCUT2D eigenvalue weighted by Crippen LogP contribution is 2.39. The highest BCUT2D eigenvalue weighted by Gasteiger charge is 2.25. The minimum atomic E-state index is 0.0598. The van der Waals surface area contributed by atoms with E-state index in [2.05, 4.69) is 32.2 Å². The van der Waals surface area contributed by atoms with Gasteiger partial charge in [-0.2, -0.15) is 5.26 Å². The molecule has 1 aromatic rings. The lowest BCUT2D eigenvalue weighted by Crippen LogP contribution is -2.22. The van der Waals surface area contributed by atoms with Crippen LogP contribution >= 0.6 is 11.3 Å². The van der Waals surface area contributed by atoms with Gasteiger partial charge in [-0.15, -0.1) is 11.3 Å². The molecule has 2 unspecified atom stereocenters. The molecule has 0 bridgehead atoms. The summed E-state index contributed by atoms with van der Waals surface area (Å²) in [7, 11) is 0. The molecule has 1 amide bonds. The molecule has 3 nitrogen and oxygen atoms in total. The number of nitrogens with zero attached hydrogens (tertiary/aromatic N) is 1. The first-order valence-corrected chi connectivity index (χ1v) is 9.27. The van der Waals surface area contributed by atoms with Crippen LogP contribution in [0.4, 0.5) is 5.00 Å². The molecule has 1 N–H and O–H groups in total. The first-order valence-electron chi connectivity index (χ1n) is 8.46. The van der Waals surface area contributed by atoms with Crippen LogP contribution in [-0.2, 0) is 17.6 Å². The summed E-state index contributed by atoms with van der Waals surface area (Å²) in [6.45, 7) is 6.46. The van der Waals surface area contributed by atoms with Gasteiger partial charge in [0.1, 0.15) is 11.1 Å². The Morgan fingerprint density at radius 1 is 1.50 bits per heavy atom. The highest BCUT2D eigenvalue weighted by molar-refractivity contribution is 7.16. The van der Waals surface area contributed by atoms with E-state index in [1.165, 1.54) is 10.4 Å². The van der Waals surface area contributed by atoms with E-state index >= 15 is 0 Å². The smallest absolute Gasteiger partial charge is 0.228 e. The van der Waals surface area contributed by atoms with Gasteiger partial charge in [0.05, 0.1) is 5.56 Å². The van der Waals surface area contributed by atoms with Crippen molar-refractivity contribution in [1.29, 1.82) is 5.26 Å². The number of hydrogen-bond acceptors (Lipinski definition) is 3. The predicted molar refractivity (Wildman–Crippen MR) is 92.2 cm³/mol. The summed E-state index contributed by atoms with van der Waals surface area (Å²) in [4.78, 5) is 13.8. The average Bonchev–Trinajstić information content (AvgIpc) is 2.83. The van der Waals surface area contributed by atoms with Crippen molar-refractivity contribution < 1.29 is 4.79 Å². The van der Waals surface area contributed by atoms with E-state index in [4.69, 9.17) is 0 Å². The average molecular weight is 318 g/mol. The fourth-order valence-corrected chi connectivity index (χ4v) is 4.51. The van der Waals surface area contributed by atoms with Crippen LogP contribution in [0, 0.1) is 23.2 Å². The molecule has 0 aromatic carbocycles. The standard InChI is InChI=1S/C18H26N2OS/c1-4-6-7-13(5-2)17(21)20-18-15(11-19)14-9-8-12(3)10-16(14)22-18/h12-13H,4-10H2,1-3H3,(H,20,21). The zero-order chi connectivity index (χ0) is 16.1. The molecule has 0 aliphatic heterocycles. The molecule has 0 fully saturated rings. The van der Waals surface area contributed by atoms with E-state index in [0.717, 1.165) is 49.9 Å². The Labute approximate surface area is 137 Å². The number of carbonyl (C=O) groups is 1. The number of unbranched alkanes of at least 4 members (excludes halogenated alkanes) is 1. The Balaban J connectivity index is 2.16. The Morgan fingerprint density at radius 2 is 2.27 bits per heavy atom. The normalized spacial score (nSPS) is 18.4. The maximum atomic E-state index is 12.5. The lowest BCUT2D eigenvalue weighted by molar-refractivity contribution is -0.120. The van der Waals surface area contributed by atoms with Gasteiger partial charge in [-0.05, 0) is 43.6 Å². The number of anilines is 1. The van der Waals surface area contributed by atoms with Gasteiger partial charge >= 0.3 is 0 Å². The van der Waals surface area contributed by atoms with Crippen molar-refractivity contribution in [2.45, 2.75) is 65.7 Å². The van der Waals surface area contributed by atoms with E-state index < -0.39 is 0 Å². The van der Waals surface area contributed by atoms with E-state index in [1.807, 2.05) is 0 Å². The van der Waals surface area contributed by atoms with Crippen LogP contribution in [0.2, 0.25) is 0 Å². The van der Waals surface area contributed by atoms with Gasteiger partial charge in [-0.3, -0.25) is 4.79 Å². The molecule has 120 valence electrons. The topological polar surface area (TPSA) is 52.9 Å². The molecule has 1 heterocycles. The predicted octanol–water partition coefficient (Wildman–Crippen LogP) is 4.90. The summed E-state index contributed by atoms with van der Waals surface area (Å²) in [5, 5.41) is 13.3. The summed E-state index contributed by atoms with van der Waals surface area (Å²) >= 11 is 1.62. The number of amides is 1. The molecule has 0 saturated heterocycles. The number of thiophene rings is 1. The fraction of sp³-hybridized carbons (Fsp3) is 0.667. The van der Waals surface area contributed by atoms with Crippen molar-refractivity contribution in [3.05, 3.63) is 16.0 Å². The minimum Gasteiger partial charge on any atom is -0.316 e. The lowest BCUT2D eigenvalue weighted by atomic mass is 9.88. The van der Waals surface area contributed by atoms with E-state index in [9.17, 15) is 10.1 Å². The fourth-order valence-electron chi connectivity index (χ4n) is 3.14. The summed E-state index contributed by atoms with van der Waals surface area (Å²) in [6, 6.07) is 2.32. The van der Waals surface area contributed by atoms with Crippen LogP contribution < -0.4 is 5.32 Å². The molecule has 0 saturated carbocycles. The van der Waals surface area contributed by atoms with Gasteiger partial charge in [-0.25, -0.2) is 0 Å². The minimum absolute atomic E-state index is 0.0598. The molecule has 2 rings (SSSR count). The van der Waals surface area contributed by atoms with Crippen molar-refractivity contribution in [3.63, 3.8) is 0 Å². The molecular formula is C18H26N2OS. The van der Waals surface area contributed by atoms with Crippen LogP contribution in [-0.4, -0.2) is 5.91 Å². The zero-order valence-corrected chi connectivity index (χ0v) is 14.7.